The van der Waals surface area contributed by atoms with E-state index in [0.29, 0.717) is 11.6 Å². The van der Waals surface area contributed by atoms with Crippen molar-refractivity contribution in [2.75, 3.05) is 11.9 Å². The van der Waals surface area contributed by atoms with E-state index in [2.05, 4.69) is 19.2 Å². The summed E-state index contributed by atoms with van der Waals surface area (Å²) in [6.45, 7) is 3.19. The first-order chi connectivity index (χ1) is 7.42. The smallest absolute Gasteiger partial charge is 0.376 e. The second-order valence-electron chi connectivity index (χ2n) is 3.90. The van der Waals surface area contributed by atoms with Crippen LogP contribution in [0.5, 0.6) is 0 Å². The van der Waals surface area contributed by atoms with Gasteiger partial charge in [-0.05, 0) is 30.0 Å². The summed E-state index contributed by atoms with van der Waals surface area (Å²) in [6.07, 6.45) is -3.15. The molecule has 1 nitrogen and oxygen atoms in total. The summed E-state index contributed by atoms with van der Waals surface area (Å²) in [7, 11) is 0. The van der Waals surface area contributed by atoms with E-state index >= 15 is 0 Å². The Labute approximate surface area is 93.7 Å². The molecule has 0 radical (unpaired) electrons. The van der Waals surface area contributed by atoms with Crippen LogP contribution in [0, 0.1) is 0 Å². The largest absolute Gasteiger partial charge is 0.405 e. The van der Waals surface area contributed by atoms with Crippen molar-refractivity contribution in [3.63, 3.8) is 0 Å². The number of halogens is 3. The number of alkyl halides is 3. The van der Waals surface area contributed by atoms with Crippen molar-refractivity contribution in [1.29, 1.82) is 0 Å². The molecule has 1 N–H and O–H groups in total. The highest BCUT2D eigenvalue weighted by Gasteiger charge is 2.26. The molecule has 0 aliphatic carbocycles. The van der Waals surface area contributed by atoms with Crippen LogP contribution in [0.3, 0.4) is 0 Å². The maximum absolute atomic E-state index is 11.9. The van der Waals surface area contributed by atoms with Gasteiger partial charge in [0, 0.05) is 5.69 Å². The number of hydrogen-bond donors (Lipinski definition) is 1. The van der Waals surface area contributed by atoms with E-state index in [1.807, 2.05) is 12.1 Å². The van der Waals surface area contributed by atoms with Crippen LogP contribution in [-0.2, 0) is 0 Å². The van der Waals surface area contributed by atoms with Crippen LogP contribution >= 0.6 is 0 Å². The Balaban J connectivity index is 2.58. The first-order valence-corrected chi connectivity index (χ1v) is 5.33. The van der Waals surface area contributed by atoms with E-state index in [4.69, 9.17) is 0 Å². The third-order valence-corrected chi connectivity index (χ3v) is 2.59. The maximum atomic E-state index is 11.9. The van der Waals surface area contributed by atoms with Crippen molar-refractivity contribution < 1.29 is 13.2 Å². The lowest BCUT2D eigenvalue weighted by molar-refractivity contribution is -0.115. The molecule has 0 aliphatic heterocycles. The molecular formula is C12H16F3N. The zero-order valence-electron chi connectivity index (χ0n) is 9.43. The molecule has 0 bridgehead atoms. The van der Waals surface area contributed by atoms with Crippen molar-refractivity contribution in [3.05, 3.63) is 29.8 Å². The molecule has 1 atom stereocenters. The summed E-state index contributed by atoms with van der Waals surface area (Å²) in [5.74, 6) is 0.441. The first-order valence-electron chi connectivity index (χ1n) is 5.33. The highest BCUT2D eigenvalue weighted by Crippen LogP contribution is 2.21. The van der Waals surface area contributed by atoms with Gasteiger partial charge in [0.15, 0.2) is 0 Å². The minimum absolute atomic E-state index is 0.441. The normalized spacial score (nSPS) is 13.6. The van der Waals surface area contributed by atoms with Crippen LogP contribution in [0.25, 0.3) is 0 Å². The molecule has 0 fully saturated rings. The average Bonchev–Trinajstić information content (AvgIpc) is 2.25. The van der Waals surface area contributed by atoms with Gasteiger partial charge in [-0.2, -0.15) is 13.2 Å². The van der Waals surface area contributed by atoms with Gasteiger partial charge in [-0.3, -0.25) is 0 Å². The second-order valence-corrected chi connectivity index (χ2v) is 3.90. The summed E-state index contributed by atoms with van der Waals surface area (Å²) >= 11 is 0. The number of rotatable bonds is 4. The predicted octanol–water partition coefficient (Wildman–Crippen LogP) is 4.17. The molecular weight excluding hydrogens is 215 g/mol. The third kappa shape index (κ3) is 4.13. The van der Waals surface area contributed by atoms with Gasteiger partial charge in [0.2, 0.25) is 0 Å². The minimum atomic E-state index is -4.17. The summed E-state index contributed by atoms with van der Waals surface area (Å²) < 4.78 is 35.8. The molecule has 1 aromatic carbocycles. The Hall–Kier alpha value is -1.19. The Morgan fingerprint density at radius 2 is 1.75 bits per heavy atom. The highest BCUT2D eigenvalue weighted by atomic mass is 19.4. The van der Waals surface area contributed by atoms with E-state index in [9.17, 15) is 13.2 Å². The lowest BCUT2D eigenvalue weighted by Crippen LogP contribution is -2.21. The standard InChI is InChI=1S/C12H16F3N/c1-3-9(2)10-4-6-11(7-5-10)16-8-12(13,14)15/h4-7,9,16H,3,8H2,1-2H3. The van der Waals surface area contributed by atoms with E-state index < -0.39 is 12.7 Å². The average molecular weight is 231 g/mol. The lowest BCUT2D eigenvalue weighted by Gasteiger charge is -2.12. The minimum Gasteiger partial charge on any atom is -0.376 e. The van der Waals surface area contributed by atoms with E-state index in [1.165, 1.54) is 0 Å². The first kappa shape index (κ1) is 12.9. The fourth-order valence-corrected chi connectivity index (χ4v) is 1.37. The molecule has 0 spiro atoms. The fourth-order valence-electron chi connectivity index (χ4n) is 1.37. The molecule has 4 heteroatoms. The van der Waals surface area contributed by atoms with Crippen molar-refractivity contribution in [3.8, 4) is 0 Å². The van der Waals surface area contributed by atoms with E-state index in [0.717, 1.165) is 12.0 Å². The summed E-state index contributed by atoms with van der Waals surface area (Å²) in [4.78, 5) is 0. The molecule has 0 saturated heterocycles. The molecule has 1 aromatic rings. The van der Waals surface area contributed by atoms with Crippen LogP contribution in [0.2, 0.25) is 0 Å². The van der Waals surface area contributed by atoms with Crippen LogP contribution in [-0.4, -0.2) is 12.7 Å². The van der Waals surface area contributed by atoms with Gasteiger partial charge in [-0.15, -0.1) is 0 Å². The number of anilines is 1. The molecule has 0 amide bonds. The Morgan fingerprint density at radius 3 is 2.19 bits per heavy atom. The Kier molecular flexibility index (Phi) is 4.21. The topological polar surface area (TPSA) is 12.0 Å². The predicted molar refractivity (Wildman–Crippen MR) is 59.7 cm³/mol. The SMILES string of the molecule is CCC(C)c1ccc(NCC(F)(F)F)cc1. The van der Waals surface area contributed by atoms with Gasteiger partial charge in [0.1, 0.15) is 6.54 Å². The maximum Gasteiger partial charge on any atom is 0.405 e. The van der Waals surface area contributed by atoms with Gasteiger partial charge < -0.3 is 5.32 Å². The van der Waals surface area contributed by atoms with Gasteiger partial charge >= 0.3 is 6.18 Å². The zero-order valence-corrected chi connectivity index (χ0v) is 9.43. The summed E-state index contributed by atoms with van der Waals surface area (Å²) in [6, 6.07) is 7.11. The zero-order chi connectivity index (χ0) is 12.2. The van der Waals surface area contributed by atoms with Crippen LogP contribution in [0.4, 0.5) is 18.9 Å². The summed E-state index contributed by atoms with van der Waals surface area (Å²) in [5.41, 5.74) is 1.66. The molecule has 90 valence electrons. The van der Waals surface area contributed by atoms with Crippen molar-refractivity contribution in [2.45, 2.75) is 32.4 Å². The number of benzene rings is 1. The van der Waals surface area contributed by atoms with Crippen molar-refractivity contribution in [1.82, 2.24) is 0 Å². The van der Waals surface area contributed by atoms with Crippen molar-refractivity contribution >= 4 is 5.69 Å². The van der Waals surface area contributed by atoms with Gasteiger partial charge in [-0.1, -0.05) is 26.0 Å². The second kappa shape index (κ2) is 5.23. The van der Waals surface area contributed by atoms with Crippen LogP contribution in [0.15, 0.2) is 24.3 Å². The molecule has 0 saturated carbocycles. The Morgan fingerprint density at radius 1 is 1.19 bits per heavy atom. The van der Waals surface area contributed by atoms with Crippen LogP contribution < -0.4 is 5.32 Å². The third-order valence-electron chi connectivity index (χ3n) is 2.59. The number of hydrogen-bond acceptors (Lipinski definition) is 1. The Bertz CT molecular complexity index is 316. The van der Waals surface area contributed by atoms with E-state index in [-0.39, 0.29) is 0 Å². The van der Waals surface area contributed by atoms with Gasteiger partial charge in [0.25, 0.3) is 0 Å². The lowest BCUT2D eigenvalue weighted by atomic mass is 9.99. The molecule has 1 unspecified atom stereocenters. The monoisotopic (exact) mass is 231 g/mol. The van der Waals surface area contributed by atoms with Gasteiger partial charge in [0.05, 0.1) is 0 Å². The molecule has 0 aromatic heterocycles. The fraction of sp³-hybridized carbons (Fsp3) is 0.500. The molecule has 16 heavy (non-hydrogen) atoms. The summed E-state index contributed by atoms with van der Waals surface area (Å²) in [5, 5.41) is 2.34. The molecule has 0 aliphatic rings. The number of nitrogens with one attached hydrogen (secondary N) is 1. The quantitative estimate of drug-likeness (QED) is 0.819. The molecule has 0 heterocycles. The molecule has 1 rings (SSSR count). The van der Waals surface area contributed by atoms with Crippen molar-refractivity contribution in [2.24, 2.45) is 0 Å². The van der Waals surface area contributed by atoms with E-state index in [1.54, 1.807) is 12.1 Å². The highest BCUT2D eigenvalue weighted by molar-refractivity contribution is 5.45. The van der Waals surface area contributed by atoms with Gasteiger partial charge in [-0.25, -0.2) is 0 Å². The van der Waals surface area contributed by atoms with Crippen LogP contribution in [0.1, 0.15) is 31.7 Å².